The summed E-state index contributed by atoms with van der Waals surface area (Å²) in [7, 11) is 0. The predicted molar refractivity (Wildman–Crippen MR) is 170 cm³/mol. The van der Waals surface area contributed by atoms with Crippen LogP contribution in [0.3, 0.4) is 0 Å². The maximum absolute atomic E-state index is 6.52. The second-order valence-electron chi connectivity index (χ2n) is 12.0. The Morgan fingerprint density at radius 3 is 1.95 bits per heavy atom. The van der Waals surface area contributed by atoms with E-state index in [-0.39, 0.29) is 0 Å². The Morgan fingerprint density at radius 2 is 1.29 bits per heavy atom. The fraction of sp³-hybridized carbons (Fsp3) is 0.351. The zero-order valence-electron chi connectivity index (χ0n) is 25.0. The van der Waals surface area contributed by atoms with Crippen molar-refractivity contribution < 1.29 is 9.47 Å². The molecule has 5 heteroatoms. The summed E-state index contributed by atoms with van der Waals surface area (Å²) in [6, 6.07) is 32.3. The Kier molecular flexibility index (Phi) is 9.19. The number of nitrogens with zero attached hydrogens (tertiary/aromatic N) is 2. The van der Waals surface area contributed by atoms with Crippen LogP contribution in [0.4, 0.5) is 0 Å². The fourth-order valence-corrected chi connectivity index (χ4v) is 6.03. The van der Waals surface area contributed by atoms with Gasteiger partial charge in [-0.2, -0.15) is 0 Å². The van der Waals surface area contributed by atoms with Crippen LogP contribution in [0.1, 0.15) is 58.7 Å². The molecule has 0 bridgehead atoms. The number of hydrogen-bond acceptors (Lipinski definition) is 5. The first-order chi connectivity index (χ1) is 20.6. The molecular weight excluding hydrogens is 518 g/mol. The van der Waals surface area contributed by atoms with Crippen molar-refractivity contribution >= 4 is 0 Å². The third-order valence-corrected chi connectivity index (χ3v) is 8.36. The molecular formula is C37H43N3O2. The topological polar surface area (TPSA) is 37.0 Å². The Labute approximate surface area is 251 Å². The lowest BCUT2D eigenvalue weighted by Gasteiger charge is -2.27. The molecule has 0 unspecified atom stereocenters. The molecule has 1 saturated heterocycles. The largest absolute Gasteiger partial charge is 0.488 e. The number of ether oxygens (including phenoxy) is 2. The van der Waals surface area contributed by atoms with Gasteiger partial charge in [-0.15, -0.1) is 0 Å². The summed E-state index contributed by atoms with van der Waals surface area (Å²) < 4.78 is 13.0. The molecule has 0 saturated carbocycles. The van der Waals surface area contributed by atoms with E-state index in [1.807, 2.05) is 12.1 Å². The SMILES string of the molecule is CC(C)c1cc(CN2Cc3ccc(CN4CCNCC4)cc3C2)c(OCc2ccccc2)cc1OCc1ccccc1. The van der Waals surface area contributed by atoms with E-state index in [0.29, 0.717) is 19.1 Å². The van der Waals surface area contributed by atoms with Crippen LogP contribution in [0.5, 0.6) is 11.5 Å². The van der Waals surface area contributed by atoms with Crippen LogP contribution in [0, 0.1) is 0 Å². The molecule has 0 aliphatic carbocycles. The summed E-state index contributed by atoms with van der Waals surface area (Å²) in [5, 5.41) is 3.46. The average Bonchev–Trinajstić information content (AvgIpc) is 3.42. The van der Waals surface area contributed by atoms with E-state index in [9.17, 15) is 0 Å². The lowest BCUT2D eigenvalue weighted by molar-refractivity contribution is 0.233. The first kappa shape index (κ1) is 28.5. The number of rotatable bonds is 11. The van der Waals surface area contributed by atoms with Crippen molar-refractivity contribution in [2.45, 2.75) is 59.2 Å². The van der Waals surface area contributed by atoms with Crippen molar-refractivity contribution in [1.29, 1.82) is 0 Å². The van der Waals surface area contributed by atoms with Gasteiger partial charge in [0, 0.05) is 64.0 Å². The first-order valence-corrected chi connectivity index (χ1v) is 15.4. The molecule has 4 aromatic rings. The van der Waals surface area contributed by atoms with Gasteiger partial charge in [0.05, 0.1) is 0 Å². The van der Waals surface area contributed by atoms with Gasteiger partial charge in [-0.3, -0.25) is 9.80 Å². The second kappa shape index (κ2) is 13.6. The Morgan fingerprint density at radius 1 is 0.643 bits per heavy atom. The number of nitrogens with one attached hydrogen (secondary N) is 1. The van der Waals surface area contributed by atoms with Crippen LogP contribution in [0.15, 0.2) is 91.0 Å². The highest BCUT2D eigenvalue weighted by Crippen LogP contribution is 2.37. The van der Waals surface area contributed by atoms with Crippen molar-refractivity contribution in [3.8, 4) is 11.5 Å². The van der Waals surface area contributed by atoms with Crippen molar-refractivity contribution in [3.63, 3.8) is 0 Å². The van der Waals surface area contributed by atoms with Crippen molar-refractivity contribution in [3.05, 3.63) is 130 Å². The average molecular weight is 562 g/mol. The van der Waals surface area contributed by atoms with E-state index in [4.69, 9.17) is 9.47 Å². The Bertz CT molecular complexity index is 1450. The molecule has 1 N–H and O–H groups in total. The predicted octanol–water partition coefficient (Wildman–Crippen LogP) is 6.89. The number of benzene rings is 4. The molecule has 218 valence electrons. The lowest BCUT2D eigenvalue weighted by Crippen LogP contribution is -2.42. The molecule has 0 aromatic heterocycles. The van der Waals surface area contributed by atoms with Gasteiger partial charge in [0.1, 0.15) is 24.7 Å². The van der Waals surface area contributed by atoms with Crippen LogP contribution in [-0.4, -0.2) is 36.0 Å². The highest BCUT2D eigenvalue weighted by Gasteiger charge is 2.23. The molecule has 0 spiro atoms. The summed E-state index contributed by atoms with van der Waals surface area (Å²) in [5.41, 5.74) is 9.09. The van der Waals surface area contributed by atoms with Crippen LogP contribution in [0.25, 0.3) is 0 Å². The molecule has 6 rings (SSSR count). The smallest absolute Gasteiger partial charge is 0.128 e. The highest BCUT2D eigenvalue weighted by atomic mass is 16.5. The summed E-state index contributed by atoms with van der Waals surface area (Å²) in [5.74, 6) is 2.14. The Hall–Kier alpha value is -3.64. The van der Waals surface area contributed by atoms with Gasteiger partial charge in [0.15, 0.2) is 0 Å². The van der Waals surface area contributed by atoms with Crippen molar-refractivity contribution in [1.82, 2.24) is 15.1 Å². The molecule has 2 aliphatic rings. The van der Waals surface area contributed by atoms with E-state index in [2.05, 4.69) is 108 Å². The molecule has 0 radical (unpaired) electrons. The van der Waals surface area contributed by atoms with Crippen molar-refractivity contribution in [2.75, 3.05) is 26.2 Å². The van der Waals surface area contributed by atoms with Gasteiger partial charge in [0.2, 0.25) is 0 Å². The summed E-state index contributed by atoms with van der Waals surface area (Å²) in [6.07, 6.45) is 0. The van der Waals surface area contributed by atoms with Gasteiger partial charge >= 0.3 is 0 Å². The third kappa shape index (κ3) is 7.22. The molecule has 4 aromatic carbocycles. The summed E-state index contributed by atoms with van der Waals surface area (Å²) in [4.78, 5) is 5.09. The van der Waals surface area contributed by atoms with E-state index in [0.717, 1.165) is 75.0 Å². The monoisotopic (exact) mass is 561 g/mol. The van der Waals surface area contributed by atoms with Gasteiger partial charge in [0.25, 0.3) is 0 Å². The van der Waals surface area contributed by atoms with Crippen molar-refractivity contribution in [2.24, 2.45) is 0 Å². The van der Waals surface area contributed by atoms with E-state index in [1.165, 1.54) is 27.8 Å². The minimum atomic E-state index is 0.334. The molecule has 2 heterocycles. The zero-order valence-corrected chi connectivity index (χ0v) is 25.0. The number of hydrogen-bond donors (Lipinski definition) is 1. The first-order valence-electron chi connectivity index (χ1n) is 15.4. The summed E-state index contributed by atoms with van der Waals surface area (Å²) in [6.45, 7) is 13.8. The highest BCUT2D eigenvalue weighted by molar-refractivity contribution is 5.48. The molecule has 0 atom stereocenters. The second-order valence-corrected chi connectivity index (χ2v) is 12.0. The van der Waals surface area contributed by atoms with E-state index < -0.39 is 0 Å². The van der Waals surface area contributed by atoms with E-state index >= 15 is 0 Å². The Balaban J connectivity index is 1.21. The van der Waals surface area contributed by atoms with Crippen LogP contribution in [0.2, 0.25) is 0 Å². The molecule has 42 heavy (non-hydrogen) atoms. The normalized spacial score (nSPS) is 15.6. The zero-order chi connectivity index (χ0) is 28.7. The molecule has 5 nitrogen and oxygen atoms in total. The number of fused-ring (bicyclic) bond motifs is 1. The van der Waals surface area contributed by atoms with Gasteiger partial charge in [-0.1, -0.05) is 92.7 Å². The molecule has 0 amide bonds. The lowest BCUT2D eigenvalue weighted by atomic mass is 9.98. The van der Waals surface area contributed by atoms with Crippen LogP contribution < -0.4 is 14.8 Å². The third-order valence-electron chi connectivity index (χ3n) is 8.36. The fourth-order valence-electron chi connectivity index (χ4n) is 6.03. The van der Waals surface area contributed by atoms with Gasteiger partial charge in [-0.05, 0) is 45.4 Å². The molecule has 1 fully saturated rings. The van der Waals surface area contributed by atoms with Crippen LogP contribution >= 0.6 is 0 Å². The minimum Gasteiger partial charge on any atom is -0.488 e. The maximum atomic E-state index is 6.52. The summed E-state index contributed by atoms with van der Waals surface area (Å²) >= 11 is 0. The molecule has 2 aliphatic heterocycles. The van der Waals surface area contributed by atoms with Gasteiger partial charge < -0.3 is 14.8 Å². The maximum Gasteiger partial charge on any atom is 0.128 e. The minimum absolute atomic E-state index is 0.334. The van der Waals surface area contributed by atoms with E-state index in [1.54, 1.807) is 0 Å². The van der Waals surface area contributed by atoms with Gasteiger partial charge in [-0.25, -0.2) is 0 Å². The standard InChI is InChI=1S/C37H43N3O2/c1-28(2)35-20-34(25-40-23-32-14-13-31(19-33(32)24-40)22-39-17-15-38-16-18-39)36(41-26-29-9-5-3-6-10-29)21-37(35)42-27-30-11-7-4-8-12-30/h3-14,19-21,28,38H,15-18,22-27H2,1-2H3. The number of piperazine rings is 1. The quantitative estimate of drug-likeness (QED) is 0.216. The van der Waals surface area contributed by atoms with Crippen LogP contribution in [-0.2, 0) is 39.4 Å².